The standard InChI is InChI=1S/C16H24IN4O5PS2/c1-15(2,10-26-28-27-17)29(24,25)16(5-6-16)9-21-7-4-11-12(8-18-23)19-20(3)13(11)14(21)22/h8,23,27H,4-7,9-10H2,1-3H3/b18-8+/i27T. The summed E-state index contributed by atoms with van der Waals surface area (Å²) < 4.78 is 39.2. The van der Waals surface area contributed by atoms with Gasteiger partial charge in [0.1, 0.15) is 11.4 Å². The average molecular weight is 576 g/mol. The lowest BCUT2D eigenvalue weighted by Gasteiger charge is -2.35. The molecule has 1 amide bonds. The Kier molecular flexibility index (Phi) is 6.46. The number of oxime groups is 1. The number of aryl methyl sites for hydroxylation is 1. The second-order valence-corrected chi connectivity index (χ2v) is 15.8. The fourth-order valence-corrected chi connectivity index (χ4v) is 7.88. The molecule has 0 bridgehead atoms. The number of sulfone groups is 1. The molecule has 3 rings (SSSR count). The lowest BCUT2D eigenvalue weighted by Crippen LogP contribution is -2.51. The van der Waals surface area contributed by atoms with E-state index in [1.807, 2.05) is 22.0 Å². The zero-order chi connectivity index (χ0) is 22.3. The van der Waals surface area contributed by atoms with E-state index in [-0.39, 0.29) is 19.1 Å². The van der Waals surface area contributed by atoms with Crippen LogP contribution in [0.15, 0.2) is 5.16 Å². The Bertz CT molecular complexity index is 965. The molecule has 29 heavy (non-hydrogen) atoms. The molecule has 1 unspecified atom stereocenters. The predicted molar refractivity (Wildman–Crippen MR) is 123 cm³/mol. The average Bonchev–Trinajstić information content (AvgIpc) is 3.36. The molecule has 9 nitrogen and oxygen atoms in total. The first-order valence-corrected chi connectivity index (χ1v) is 15.5. The SMILES string of the molecule is [3H]P(I)SOCC(C)(C)S(=O)(=O)C1(CN2CCc3c(/C=N/O)nn(C)c3C2=O)CC1. The summed E-state index contributed by atoms with van der Waals surface area (Å²) in [5.74, 6) is -0.264. The van der Waals surface area contributed by atoms with E-state index in [4.69, 9.17) is 10.7 Å². The maximum absolute atomic E-state index is 13.5. The van der Waals surface area contributed by atoms with Crippen LogP contribution in [0.1, 0.15) is 48.4 Å². The molecule has 2 aliphatic rings. The lowest BCUT2D eigenvalue weighted by molar-refractivity contribution is 0.0724. The van der Waals surface area contributed by atoms with Gasteiger partial charge in [0.15, 0.2) is 9.84 Å². The summed E-state index contributed by atoms with van der Waals surface area (Å²) in [5.41, 5.74) is 1.55. The molecule has 1 aromatic rings. The summed E-state index contributed by atoms with van der Waals surface area (Å²) in [5, 5.41) is 14.9. The van der Waals surface area contributed by atoms with Crippen molar-refractivity contribution in [1.29, 1.82) is 1.28 Å². The molecule has 1 saturated carbocycles. The Labute approximate surface area is 190 Å². The maximum atomic E-state index is 13.5. The normalized spacial score (nSPS) is 20.6. The number of carbonyl (C=O) groups excluding carboxylic acids is 1. The molecule has 2 heterocycles. The number of hydrogen-bond acceptors (Lipinski definition) is 8. The number of fused-ring (bicyclic) bond motifs is 1. The minimum absolute atomic E-state index is 0.00779. The van der Waals surface area contributed by atoms with Gasteiger partial charge in [0.2, 0.25) is 0 Å². The van der Waals surface area contributed by atoms with E-state index < -0.39 is 24.7 Å². The third-order valence-electron chi connectivity index (χ3n) is 5.55. The van der Waals surface area contributed by atoms with Crippen LogP contribution in [0, 0.1) is 0 Å². The molecule has 1 aliphatic heterocycles. The predicted octanol–water partition coefficient (Wildman–Crippen LogP) is 2.56. The van der Waals surface area contributed by atoms with Crippen molar-refractivity contribution in [3.63, 3.8) is 0 Å². The van der Waals surface area contributed by atoms with E-state index in [9.17, 15) is 13.2 Å². The Morgan fingerprint density at radius 1 is 1.55 bits per heavy atom. The zero-order valence-electron chi connectivity index (χ0n) is 17.3. The van der Waals surface area contributed by atoms with Crippen LogP contribution in [-0.4, -0.2) is 70.9 Å². The van der Waals surface area contributed by atoms with Gasteiger partial charge in [0.05, 0.1) is 23.6 Å². The van der Waals surface area contributed by atoms with Crippen LogP contribution in [0.5, 0.6) is 0 Å². The van der Waals surface area contributed by atoms with E-state index >= 15 is 0 Å². The molecular formula is C16H24IN4O5PS2. The topological polar surface area (TPSA) is 114 Å². The molecule has 162 valence electrons. The monoisotopic (exact) mass is 576 g/mol. The largest absolute Gasteiger partial charge is 0.411 e. The number of amides is 1. The summed E-state index contributed by atoms with van der Waals surface area (Å²) in [6.07, 6.45) is 2.73. The summed E-state index contributed by atoms with van der Waals surface area (Å²) in [4.78, 5) is 14.7. The van der Waals surface area contributed by atoms with Crippen molar-refractivity contribution in [2.45, 2.75) is 42.6 Å². The van der Waals surface area contributed by atoms with Crippen molar-refractivity contribution in [2.75, 3.05) is 19.7 Å². The maximum Gasteiger partial charge on any atom is 0.272 e. The zero-order valence-corrected chi connectivity index (χ0v) is 21.0. The van der Waals surface area contributed by atoms with E-state index in [0.717, 1.165) is 11.7 Å². The minimum Gasteiger partial charge on any atom is -0.411 e. The van der Waals surface area contributed by atoms with Gasteiger partial charge in [-0.2, -0.15) is 5.10 Å². The molecule has 0 spiro atoms. The number of nitrogens with zero attached hydrogens (tertiary/aromatic N) is 4. The highest BCUT2D eigenvalue weighted by Crippen LogP contribution is 2.50. The van der Waals surface area contributed by atoms with Crippen LogP contribution in [0.4, 0.5) is 0 Å². The summed E-state index contributed by atoms with van der Waals surface area (Å²) in [7, 11) is -1.96. The van der Waals surface area contributed by atoms with Crippen LogP contribution < -0.4 is 0 Å². The van der Waals surface area contributed by atoms with Crippen molar-refractivity contribution in [2.24, 2.45) is 12.2 Å². The van der Waals surface area contributed by atoms with Crippen molar-refractivity contribution < 1.29 is 22.6 Å². The minimum atomic E-state index is -3.60. The van der Waals surface area contributed by atoms with Crippen LogP contribution in [0.2, 0.25) is 0 Å². The number of carbonyl (C=O) groups is 1. The number of rotatable bonds is 9. The van der Waals surface area contributed by atoms with Crippen LogP contribution in [-0.2, 0) is 27.5 Å². The fraction of sp³-hybridized carbons (Fsp3) is 0.688. The Balaban J connectivity index is 1.78. The second-order valence-electron chi connectivity index (χ2n) is 7.91. The highest BCUT2D eigenvalue weighted by Gasteiger charge is 2.61. The third-order valence-corrected chi connectivity index (χ3v) is 11.0. The van der Waals surface area contributed by atoms with Gasteiger partial charge in [-0.05, 0) is 55.2 Å². The first kappa shape index (κ1) is 21.8. The molecular weight excluding hydrogens is 550 g/mol. The Morgan fingerprint density at radius 3 is 2.83 bits per heavy atom. The molecule has 13 heteroatoms. The number of hydrogen-bond donors (Lipinski definition) is 1. The summed E-state index contributed by atoms with van der Waals surface area (Å²) in [6.45, 7) is 3.79. The smallest absolute Gasteiger partial charge is 0.272 e. The highest BCUT2D eigenvalue weighted by molar-refractivity contribution is 14.2. The van der Waals surface area contributed by atoms with E-state index in [1.54, 1.807) is 25.8 Å². The van der Waals surface area contributed by atoms with Gasteiger partial charge in [0, 0.05) is 42.7 Å². The van der Waals surface area contributed by atoms with Gasteiger partial charge in [-0.15, -0.1) is 0 Å². The molecule has 1 atom stereocenters. The summed E-state index contributed by atoms with van der Waals surface area (Å²) in [6, 6.07) is 0. The van der Waals surface area contributed by atoms with Crippen molar-refractivity contribution in [1.82, 2.24) is 14.7 Å². The van der Waals surface area contributed by atoms with Gasteiger partial charge in [-0.1, -0.05) is 5.16 Å². The number of halogens is 1. The first-order chi connectivity index (χ1) is 14.0. The molecule has 0 radical (unpaired) electrons. The van der Waals surface area contributed by atoms with Crippen molar-refractivity contribution in [3.8, 4) is 0 Å². The molecule has 1 aromatic heterocycles. The molecule has 1 aliphatic carbocycles. The van der Waals surface area contributed by atoms with Crippen LogP contribution in [0.25, 0.3) is 0 Å². The van der Waals surface area contributed by atoms with Crippen LogP contribution in [0.3, 0.4) is 0 Å². The highest BCUT2D eigenvalue weighted by atomic mass is 127. The number of aromatic nitrogens is 2. The first-order valence-electron chi connectivity index (χ1n) is 9.41. The van der Waals surface area contributed by atoms with E-state index in [2.05, 4.69) is 10.3 Å². The third kappa shape index (κ3) is 4.19. The van der Waals surface area contributed by atoms with E-state index in [0.29, 0.717) is 42.8 Å². The van der Waals surface area contributed by atoms with Gasteiger partial charge < -0.3 is 14.3 Å². The van der Waals surface area contributed by atoms with Gasteiger partial charge >= 0.3 is 0 Å². The second kappa shape index (κ2) is 8.60. The van der Waals surface area contributed by atoms with Crippen molar-refractivity contribution >= 4 is 61.0 Å². The van der Waals surface area contributed by atoms with E-state index in [1.165, 1.54) is 10.9 Å². The Morgan fingerprint density at radius 2 is 2.24 bits per heavy atom. The van der Waals surface area contributed by atoms with Gasteiger partial charge in [-0.25, -0.2) is 8.42 Å². The molecule has 1 N–H and O–H groups in total. The fourth-order valence-electron chi connectivity index (χ4n) is 3.76. The summed E-state index contributed by atoms with van der Waals surface area (Å²) >= 11 is 2.93. The molecule has 0 saturated heterocycles. The van der Waals surface area contributed by atoms with Gasteiger partial charge in [-0.3, -0.25) is 9.48 Å². The molecule has 1 fully saturated rings. The van der Waals surface area contributed by atoms with Crippen molar-refractivity contribution in [3.05, 3.63) is 17.0 Å². The Hall–Kier alpha value is -0.430. The lowest BCUT2D eigenvalue weighted by atomic mass is 10.0. The quantitative estimate of drug-likeness (QED) is 0.120. The van der Waals surface area contributed by atoms with Crippen LogP contribution >= 0.6 is 39.1 Å². The van der Waals surface area contributed by atoms with Gasteiger partial charge in [0.25, 0.3) is 5.91 Å². The molecule has 0 aromatic carbocycles.